The molecule has 2 rings (SSSR count). The number of hydrogen-bond acceptors (Lipinski definition) is 4. The van der Waals surface area contributed by atoms with Crippen molar-refractivity contribution in [3.05, 3.63) is 42.2 Å². The SMILES string of the molecule is CCOc1nc(Nc2ccc(F)cc2)ccc1N. The van der Waals surface area contributed by atoms with Crippen molar-refractivity contribution in [1.29, 1.82) is 0 Å². The zero-order valence-corrected chi connectivity index (χ0v) is 9.98. The predicted molar refractivity (Wildman–Crippen MR) is 69.5 cm³/mol. The van der Waals surface area contributed by atoms with Crippen molar-refractivity contribution >= 4 is 17.2 Å². The van der Waals surface area contributed by atoms with Gasteiger partial charge >= 0.3 is 0 Å². The number of nitrogens with one attached hydrogen (secondary N) is 1. The molecule has 0 fully saturated rings. The number of halogens is 1. The van der Waals surface area contributed by atoms with E-state index in [0.29, 0.717) is 24.0 Å². The number of pyridine rings is 1. The van der Waals surface area contributed by atoms with Crippen LogP contribution in [0.15, 0.2) is 36.4 Å². The lowest BCUT2D eigenvalue weighted by Gasteiger charge is -2.09. The highest BCUT2D eigenvalue weighted by atomic mass is 19.1. The van der Waals surface area contributed by atoms with Gasteiger partial charge in [-0.1, -0.05) is 0 Å². The smallest absolute Gasteiger partial charge is 0.239 e. The first-order valence-corrected chi connectivity index (χ1v) is 5.61. The Kier molecular flexibility index (Phi) is 3.62. The molecule has 3 N–H and O–H groups in total. The first-order valence-electron chi connectivity index (χ1n) is 5.61. The Morgan fingerprint density at radius 3 is 2.61 bits per heavy atom. The lowest BCUT2D eigenvalue weighted by Crippen LogP contribution is -2.02. The van der Waals surface area contributed by atoms with Crippen molar-refractivity contribution in [2.45, 2.75) is 6.92 Å². The Labute approximate surface area is 105 Å². The fourth-order valence-corrected chi connectivity index (χ4v) is 1.45. The van der Waals surface area contributed by atoms with Crippen LogP contribution >= 0.6 is 0 Å². The summed E-state index contributed by atoms with van der Waals surface area (Å²) in [6, 6.07) is 9.47. The minimum Gasteiger partial charge on any atom is -0.476 e. The third kappa shape index (κ3) is 2.88. The van der Waals surface area contributed by atoms with Gasteiger partial charge in [-0.05, 0) is 43.3 Å². The number of anilines is 3. The van der Waals surface area contributed by atoms with Crippen LogP contribution in [0.25, 0.3) is 0 Å². The van der Waals surface area contributed by atoms with Crippen LogP contribution in [0.2, 0.25) is 0 Å². The number of aromatic nitrogens is 1. The van der Waals surface area contributed by atoms with Gasteiger partial charge in [0.25, 0.3) is 0 Å². The summed E-state index contributed by atoms with van der Waals surface area (Å²) in [4.78, 5) is 4.23. The summed E-state index contributed by atoms with van der Waals surface area (Å²) in [7, 11) is 0. The van der Waals surface area contributed by atoms with E-state index in [1.54, 1.807) is 24.3 Å². The molecule has 0 radical (unpaired) electrons. The maximum atomic E-state index is 12.8. The van der Waals surface area contributed by atoms with E-state index in [1.807, 2.05) is 6.92 Å². The third-order valence-corrected chi connectivity index (χ3v) is 2.29. The summed E-state index contributed by atoms with van der Waals surface area (Å²) in [5.74, 6) is 0.713. The first kappa shape index (κ1) is 12.2. The van der Waals surface area contributed by atoms with Crippen LogP contribution in [0, 0.1) is 5.82 Å². The summed E-state index contributed by atoms with van der Waals surface area (Å²) >= 11 is 0. The van der Waals surface area contributed by atoms with E-state index in [2.05, 4.69) is 10.3 Å². The molecule has 0 aliphatic heterocycles. The van der Waals surface area contributed by atoms with E-state index >= 15 is 0 Å². The number of nitrogens with two attached hydrogens (primary N) is 1. The Morgan fingerprint density at radius 2 is 1.94 bits per heavy atom. The van der Waals surface area contributed by atoms with Gasteiger partial charge in [-0.25, -0.2) is 4.39 Å². The van der Waals surface area contributed by atoms with Gasteiger partial charge in [0.15, 0.2) is 0 Å². The summed E-state index contributed by atoms with van der Waals surface area (Å²) in [6.45, 7) is 2.36. The molecule has 94 valence electrons. The number of rotatable bonds is 4. The van der Waals surface area contributed by atoms with Crippen molar-refractivity contribution in [3.8, 4) is 5.88 Å². The van der Waals surface area contributed by atoms with Gasteiger partial charge in [-0.15, -0.1) is 0 Å². The summed E-state index contributed by atoms with van der Waals surface area (Å²) < 4.78 is 18.1. The molecule has 1 aromatic carbocycles. The van der Waals surface area contributed by atoms with Crippen LogP contribution in [0.1, 0.15) is 6.92 Å². The van der Waals surface area contributed by atoms with Gasteiger partial charge in [-0.2, -0.15) is 4.98 Å². The number of benzene rings is 1. The fourth-order valence-electron chi connectivity index (χ4n) is 1.45. The second-order valence-corrected chi connectivity index (χ2v) is 3.66. The topological polar surface area (TPSA) is 60.2 Å². The largest absolute Gasteiger partial charge is 0.476 e. The van der Waals surface area contributed by atoms with Crippen molar-refractivity contribution in [2.75, 3.05) is 17.7 Å². The second-order valence-electron chi connectivity index (χ2n) is 3.66. The molecule has 18 heavy (non-hydrogen) atoms. The molecule has 0 saturated carbocycles. The van der Waals surface area contributed by atoms with Crippen LogP contribution in [-0.4, -0.2) is 11.6 Å². The van der Waals surface area contributed by atoms with Crippen LogP contribution < -0.4 is 15.8 Å². The minimum atomic E-state index is -0.277. The summed E-state index contributed by atoms with van der Waals surface area (Å²) in [5.41, 5.74) is 6.96. The Morgan fingerprint density at radius 1 is 1.22 bits per heavy atom. The highest BCUT2D eigenvalue weighted by Gasteiger charge is 2.04. The maximum Gasteiger partial charge on any atom is 0.239 e. The van der Waals surface area contributed by atoms with Gasteiger partial charge in [-0.3, -0.25) is 0 Å². The Hall–Kier alpha value is -2.30. The molecular formula is C13H14FN3O. The van der Waals surface area contributed by atoms with E-state index in [0.717, 1.165) is 5.69 Å². The number of nitrogen functional groups attached to an aromatic ring is 1. The highest BCUT2D eigenvalue weighted by Crippen LogP contribution is 2.23. The lowest BCUT2D eigenvalue weighted by atomic mass is 10.3. The van der Waals surface area contributed by atoms with Crippen LogP contribution in [0.5, 0.6) is 5.88 Å². The van der Waals surface area contributed by atoms with Gasteiger partial charge < -0.3 is 15.8 Å². The van der Waals surface area contributed by atoms with Crippen molar-refractivity contribution in [1.82, 2.24) is 4.98 Å². The fraction of sp³-hybridized carbons (Fsp3) is 0.154. The molecule has 2 aromatic rings. The molecule has 0 unspecified atom stereocenters. The first-order chi connectivity index (χ1) is 8.69. The van der Waals surface area contributed by atoms with E-state index < -0.39 is 0 Å². The highest BCUT2D eigenvalue weighted by molar-refractivity contribution is 5.60. The van der Waals surface area contributed by atoms with Gasteiger partial charge in [0, 0.05) is 5.69 Å². The number of ether oxygens (including phenoxy) is 1. The second kappa shape index (κ2) is 5.35. The summed E-state index contributed by atoms with van der Waals surface area (Å²) in [5, 5.41) is 3.04. The van der Waals surface area contributed by atoms with Crippen LogP contribution in [0.3, 0.4) is 0 Å². The molecule has 0 saturated heterocycles. The quantitative estimate of drug-likeness (QED) is 0.872. The normalized spacial score (nSPS) is 10.1. The molecule has 4 nitrogen and oxygen atoms in total. The molecule has 0 aliphatic carbocycles. The molecule has 0 atom stereocenters. The lowest BCUT2D eigenvalue weighted by molar-refractivity contribution is 0.329. The third-order valence-electron chi connectivity index (χ3n) is 2.29. The number of nitrogens with zero attached hydrogens (tertiary/aromatic N) is 1. The van der Waals surface area contributed by atoms with Gasteiger partial charge in [0.2, 0.25) is 5.88 Å². The van der Waals surface area contributed by atoms with E-state index in [-0.39, 0.29) is 5.82 Å². The monoisotopic (exact) mass is 247 g/mol. The maximum absolute atomic E-state index is 12.8. The van der Waals surface area contributed by atoms with Gasteiger partial charge in [0.1, 0.15) is 11.6 Å². The molecular weight excluding hydrogens is 233 g/mol. The zero-order chi connectivity index (χ0) is 13.0. The average molecular weight is 247 g/mol. The molecule has 0 amide bonds. The zero-order valence-electron chi connectivity index (χ0n) is 9.98. The standard InChI is InChI=1S/C13H14FN3O/c1-2-18-13-11(15)7-8-12(17-13)16-10-5-3-9(14)4-6-10/h3-8H,2,15H2,1H3,(H,16,17). The number of hydrogen-bond donors (Lipinski definition) is 2. The van der Waals surface area contributed by atoms with Crippen LogP contribution in [0.4, 0.5) is 21.6 Å². The molecule has 0 bridgehead atoms. The van der Waals surface area contributed by atoms with Gasteiger partial charge in [0.05, 0.1) is 12.3 Å². The van der Waals surface area contributed by atoms with E-state index in [1.165, 1.54) is 12.1 Å². The Bertz CT molecular complexity index is 528. The van der Waals surface area contributed by atoms with E-state index in [9.17, 15) is 4.39 Å². The molecule has 0 aliphatic rings. The summed E-state index contributed by atoms with van der Waals surface area (Å²) in [6.07, 6.45) is 0. The molecule has 1 aromatic heterocycles. The average Bonchev–Trinajstić information content (AvgIpc) is 2.37. The molecule has 5 heteroatoms. The van der Waals surface area contributed by atoms with E-state index in [4.69, 9.17) is 10.5 Å². The predicted octanol–water partition coefficient (Wildman–Crippen LogP) is 2.95. The Balaban J connectivity index is 2.18. The minimum absolute atomic E-state index is 0.277. The van der Waals surface area contributed by atoms with Crippen LogP contribution in [-0.2, 0) is 0 Å². The molecule has 1 heterocycles. The van der Waals surface area contributed by atoms with Crippen molar-refractivity contribution < 1.29 is 9.13 Å². The van der Waals surface area contributed by atoms with Crippen molar-refractivity contribution in [3.63, 3.8) is 0 Å². The molecule has 0 spiro atoms. The van der Waals surface area contributed by atoms with Crippen molar-refractivity contribution in [2.24, 2.45) is 0 Å².